The number of ether oxygens (including phenoxy) is 2. The predicted molar refractivity (Wildman–Crippen MR) is 83.7 cm³/mol. The zero-order valence-corrected chi connectivity index (χ0v) is 13.6. The molecular weight excluding hydrogens is 338 g/mol. The SMILES string of the molecule is COc1ccc(C(Cl)c2cc(Cl)c(OC)cc2Cl)c(F)c1. The maximum Gasteiger partial charge on any atom is 0.138 e. The van der Waals surface area contributed by atoms with Crippen molar-refractivity contribution < 1.29 is 13.9 Å². The van der Waals surface area contributed by atoms with Crippen LogP contribution in [-0.4, -0.2) is 14.2 Å². The summed E-state index contributed by atoms with van der Waals surface area (Å²) in [6.07, 6.45) is 0. The standard InChI is InChI=1S/C15H12Cl3FO2/c1-20-8-3-4-9(13(19)5-8)15(18)10-6-12(17)14(21-2)7-11(10)16/h3-7,15H,1-2H3. The van der Waals surface area contributed by atoms with Gasteiger partial charge < -0.3 is 9.47 Å². The molecule has 2 nitrogen and oxygen atoms in total. The lowest BCUT2D eigenvalue weighted by molar-refractivity contribution is 0.410. The summed E-state index contributed by atoms with van der Waals surface area (Å²) in [5.41, 5.74) is 0.800. The second-order valence-electron chi connectivity index (χ2n) is 4.26. The van der Waals surface area contributed by atoms with Crippen LogP contribution in [0.1, 0.15) is 16.5 Å². The smallest absolute Gasteiger partial charge is 0.138 e. The Kier molecular flexibility index (Phi) is 5.20. The molecule has 0 aromatic heterocycles. The highest BCUT2D eigenvalue weighted by molar-refractivity contribution is 6.36. The first-order valence-electron chi connectivity index (χ1n) is 5.98. The number of benzene rings is 2. The van der Waals surface area contributed by atoms with E-state index in [1.807, 2.05) is 0 Å². The fraction of sp³-hybridized carbons (Fsp3) is 0.200. The van der Waals surface area contributed by atoms with E-state index in [0.29, 0.717) is 32.7 Å². The van der Waals surface area contributed by atoms with Crippen LogP contribution in [0.15, 0.2) is 30.3 Å². The normalized spacial score (nSPS) is 12.1. The van der Waals surface area contributed by atoms with E-state index in [4.69, 9.17) is 44.3 Å². The van der Waals surface area contributed by atoms with Crippen molar-refractivity contribution in [1.29, 1.82) is 0 Å². The van der Waals surface area contributed by atoms with Crippen LogP contribution in [0.3, 0.4) is 0 Å². The molecular formula is C15H12Cl3FO2. The van der Waals surface area contributed by atoms with Gasteiger partial charge in [0.05, 0.1) is 24.6 Å². The summed E-state index contributed by atoms with van der Waals surface area (Å²) in [5.74, 6) is 0.376. The van der Waals surface area contributed by atoms with Gasteiger partial charge in [-0.15, -0.1) is 11.6 Å². The topological polar surface area (TPSA) is 18.5 Å². The molecule has 0 saturated heterocycles. The predicted octanol–water partition coefficient (Wildman–Crippen LogP) is 5.48. The number of methoxy groups -OCH3 is 2. The number of halogens is 4. The number of hydrogen-bond acceptors (Lipinski definition) is 2. The van der Waals surface area contributed by atoms with Gasteiger partial charge in [0.2, 0.25) is 0 Å². The van der Waals surface area contributed by atoms with E-state index in [9.17, 15) is 4.39 Å². The van der Waals surface area contributed by atoms with Crippen LogP contribution in [0.4, 0.5) is 4.39 Å². The Labute approximate surface area is 137 Å². The minimum atomic E-state index is -0.771. The second kappa shape index (κ2) is 6.73. The molecule has 0 bridgehead atoms. The molecule has 21 heavy (non-hydrogen) atoms. The van der Waals surface area contributed by atoms with Crippen LogP contribution < -0.4 is 9.47 Å². The third-order valence-electron chi connectivity index (χ3n) is 3.02. The molecule has 0 heterocycles. The monoisotopic (exact) mass is 348 g/mol. The highest BCUT2D eigenvalue weighted by Crippen LogP contribution is 2.40. The largest absolute Gasteiger partial charge is 0.497 e. The Morgan fingerprint density at radius 3 is 2.24 bits per heavy atom. The Bertz CT molecular complexity index is 662. The zero-order valence-electron chi connectivity index (χ0n) is 11.3. The summed E-state index contributed by atoms with van der Waals surface area (Å²) in [5, 5.41) is -0.0604. The van der Waals surface area contributed by atoms with E-state index in [-0.39, 0.29) is 0 Å². The lowest BCUT2D eigenvalue weighted by Crippen LogP contribution is -1.99. The van der Waals surface area contributed by atoms with Gasteiger partial charge in [-0.1, -0.05) is 29.3 Å². The van der Waals surface area contributed by atoms with Gasteiger partial charge in [0.15, 0.2) is 0 Å². The first-order chi connectivity index (χ1) is 9.97. The minimum absolute atomic E-state index is 0.292. The van der Waals surface area contributed by atoms with Gasteiger partial charge in [-0.3, -0.25) is 0 Å². The van der Waals surface area contributed by atoms with E-state index in [1.54, 1.807) is 24.3 Å². The van der Waals surface area contributed by atoms with E-state index in [1.165, 1.54) is 20.3 Å². The molecule has 0 aliphatic carbocycles. The van der Waals surface area contributed by atoms with Crippen molar-refractivity contribution in [3.63, 3.8) is 0 Å². The van der Waals surface area contributed by atoms with Crippen LogP contribution in [0, 0.1) is 5.82 Å². The third-order valence-corrected chi connectivity index (χ3v) is 4.12. The molecule has 0 aliphatic heterocycles. The second-order valence-corrected chi connectivity index (χ2v) is 5.51. The quantitative estimate of drug-likeness (QED) is 0.681. The maximum atomic E-state index is 14.1. The summed E-state index contributed by atoms with van der Waals surface area (Å²) >= 11 is 18.6. The molecule has 1 unspecified atom stereocenters. The van der Waals surface area contributed by atoms with Crippen molar-refractivity contribution >= 4 is 34.8 Å². The Balaban J connectivity index is 2.45. The molecule has 0 amide bonds. The average molecular weight is 350 g/mol. The van der Waals surface area contributed by atoms with Crippen molar-refractivity contribution in [2.45, 2.75) is 5.38 Å². The van der Waals surface area contributed by atoms with Crippen LogP contribution in [0.2, 0.25) is 10.0 Å². The van der Waals surface area contributed by atoms with Gasteiger partial charge in [-0.25, -0.2) is 4.39 Å². The van der Waals surface area contributed by atoms with E-state index < -0.39 is 11.2 Å². The van der Waals surface area contributed by atoms with Gasteiger partial charge in [-0.05, 0) is 17.7 Å². The van der Waals surface area contributed by atoms with Crippen molar-refractivity contribution in [2.75, 3.05) is 14.2 Å². The summed E-state index contributed by atoms with van der Waals surface area (Å²) in [6, 6.07) is 7.58. The van der Waals surface area contributed by atoms with Crippen molar-refractivity contribution in [2.24, 2.45) is 0 Å². The van der Waals surface area contributed by atoms with Crippen LogP contribution in [0.25, 0.3) is 0 Å². The van der Waals surface area contributed by atoms with Gasteiger partial charge >= 0.3 is 0 Å². The Morgan fingerprint density at radius 2 is 1.67 bits per heavy atom. The van der Waals surface area contributed by atoms with Crippen LogP contribution in [0.5, 0.6) is 11.5 Å². The van der Waals surface area contributed by atoms with E-state index >= 15 is 0 Å². The lowest BCUT2D eigenvalue weighted by atomic mass is 10.0. The third kappa shape index (κ3) is 3.37. The lowest BCUT2D eigenvalue weighted by Gasteiger charge is -2.15. The molecule has 2 aromatic rings. The summed E-state index contributed by atoms with van der Waals surface area (Å²) in [4.78, 5) is 0. The van der Waals surface area contributed by atoms with Gasteiger partial charge in [0.25, 0.3) is 0 Å². The van der Waals surface area contributed by atoms with E-state index in [2.05, 4.69) is 0 Å². The molecule has 0 spiro atoms. The number of rotatable bonds is 4. The zero-order chi connectivity index (χ0) is 15.6. The summed E-state index contributed by atoms with van der Waals surface area (Å²) < 4.78 is 24.1. The Hall–Kier alpha value is -1.16. The molecule has 6 heteroatoms. The van der Waals surface area contributed by atoms with Crippen molar-refractivity contribution in [3.05, 3.63) is 57.3 Å². The van der Waals surface area contributed by atoms with Gasteiger partial charge in [0, 0.05) is 22.7 Å². The number of alkyl halides is 1. The summed E-state index contributed by atoms with van der Waals surface area (Å²) in [7, 11) is 2.95. The Morgan fingerprint density at radius 1 is 0.952 bits per heavy atom. The molecule has 0 aliphatic rings. The highest BCUT2D eigenvalue weighted by atomic mass is 35.5. The van der Waals surface area contributed by atoms with E-state index in [0.717, 1.165) is 0 Å². The number of hydrogen-bond donors (Lipinski definition) is 0. The van der Waals surface area contributed by atoms with Gasteiger partial charge in [0.1, 0.15) is 17.3 Å². The van der Waals surface area contributed by atoms with Crippen LogP contribution in [-0.2, 0) is 0 Å². The van der Waals surface area contributed by atoms with Crippen LogP contribution >= 0.6 is 34.8 Å². The molecule has 2 rings (SSSR count). The fourth-order valence-corrected chi connectivity index (χ4v) is 2.83. The highest BCUT2D eigenvalue weighted by Gasteiger charge is 2.20. The fourth-order valence-electron chi connectivity index (χ4n) is 1.90. The molecule has 1 atom stereocenters. The molecule has 112 valence electrons. The van der Waals surface area contributed by atoms with Crippen molar-refractivity contribution in [3.8, 4) is 11.5 Å². The van der Waals surface area contributed by atoms with Crippen molar-refractivity contribution in [1.82, 2.24) is 0 Å². The van der Waals surface area contributed by atoms with Gasteiger partial charge in [-0.2, -0.15) is 0 Å². The molecule has 0 radical (unpaired) electrons. The summed E-state index contributed by atoms with van der Waals surface area (Å²) in [6.45, 7) is 0. The average Bonchev–Trinajstić information content (AvgIpc) is 2.48. The maximum absolute atomic E-state index is 14.1. The first-order valence-corrected chi connectivity index (χ1v) is 7.17. The minimum Gasteiger partial charge on any atom is -0.497 e. The molecule has 0 saturated carbocycles. The molecule has 2 aromatic carbocycles. The molecule has 0 N–H and O–H groups in total. The first kappa shape index (κ1) is 16.2. The molecule has 0 fully saturated rings.